The van der Waals surface area contributed by atoms with Crippen molar-refractivity contribution in [3.05, 3.63) is 23.8 Å². The SMILES string of the molecule is CC(=O)NCC1CN(c2ccc3c(c2)OCC[C@H](Br)C3=O)C(=O)O1. The number of cyclic esters (lactones) is 1. The van der Waals surface area contributed by atoms with Gasteiger partial charge in [0.05, 0.1) is 35.8 Å². The first kappa shape index (κ1) is 16.8. The maximum absolute atomic E-state index is 12.3. The summed E-state index contributed by atoms with van der Waals surface area (Å²) < 4.78 is 10.9. The number of nitrogens with zero attached hydrogens (tertiary/aromatic N) is 1. The van der Waals surface area contributed by atoms with Crippen LogP contribution in [-0.2, 0) is 9.53 Å². The van der Waals surface area contributed by atoms with E-state index < -0.39 is 12.2 Å². The molecule has 0 spiro atoms. The standard InChI is InChI=1S/C16H17BrN2O5/c1-9(20)18-7-11-8-19(16(22)24-11)10-2-3-12-14(6-10)23-5-4-13(17)15(12)21/h2-3,6,11,13H,4-5,7-8H2,1H3,(H,18,20)/t11?,13-/m0/s1. The van der Waals surface area contributed by atoms with Crippen molar-refractivity contribution in [2.45, 2.75) is 24.3 Å². The number of fused-ring (bicyclic) bond motifs is 1. The molecule has 1 unspecified atom stereocenters. The van der Waals surface area contributed by atoms with Crippen molar-refractivity contribution in [2.24, 2.45) is 0 Å². The summed E-state index contributed by atoms with van der Waals surface area (Å²) in [6.45, 7) is 2.43. The summed E-state index contributed by atoms with van der Waals surface area (Å²) in [6, 6.07) is 5.05. The Morgan fingerprint density at radius 3 is 2.96 bits per heavy atom. The van der Waals surface area contributed by atoms with E-state index in [2.05, 4.69) is 21.2 Å². The summed E-state index contributed by atoms with van der Waals surface area (Å²) in [4.78, 5) is 36.5. The number of Topliss-reactive ketones (excluding diaryl/α,β-unsaturated/α-hetero) is 1. The van der Waals surface area contributed by atoms with Gasteiger partial charge in [0.15, 0.2) is 5.78 Å². The summed E-state index contributed by atoms with van der Waals surface area (Å²) in [5.41, 5.74) is 1.10. The number of carbonyl (C=O) groups excluding carboxylic acids is 3. The molecule has 0 radical (unpaired) electrons. The number of halogens is 1. The Balaban J connectivity index is 1.78. The Morgan fingerprint density at radius 2 is 2.21 bits per heavy atom. The van der Waals surface area contributed by atoms with Crippen molar-refractivity contribution in [3.8, 4) is 5.75 Å². The van der Waals surface area contributed by atoms with Gasteiger partial charge < -0.3 is 14.8 Å². The molecule has 2 aliphatic heterocycles. The second kappa shape index (κ2) is 6.80. The van der Waals surface area contributed by atoms with Gasteiger partial charge in [-0.25, -0.2) is 4.79 Å². The number of nitrogens with one attached hydrogen (secondary N) is 1. The van der Waals surface area contributed by atoms with E-state index in [0.29, 0.717) is 36.6 Å². The topological polar surface area (TPSA) is 84.9 Å². The van der Waals surface area contributed by atoms with E-state index in [4.69, 9.17) is 9.47 Å². The van der Waals surface area contributed by atoms with E-state index in [1.807, 2.05) is 0 Å². The quantitative estimate of drug-likeness (QED) is 0.788. The molecule has 1 saturated heterocycles. The Hall–Kier alpha value is -2.09. The number of hydrogen-bond acceptors (Lipinski definition) is 5. The van der Waals surface area contributed by atoms with Crippen LogP contribution in [0.4, 0.5) is 10.5 Å². The Kier molecular flexibility index (Phi) is 4.75. The summed E-state index contributed by atoms with van der Waals surface area (Å²) in [5.74, 6) is 0.268. The van der Waals surface area contributed by atoms with Crippen LogP contribution in [0.15, 0.2) is 18.2 Å². The lowest BCUT2D eigenvalue weighted by Crippen LogP contribution is -2.33. The van der Waals surface area contributed by atoms with Crippen LogP contribution < -0.4 is 15.0 Å². The van der Waals surface area contributed by atoms with Gasteiger partial charge in [0, 0.05) is 19.4 Å². The zero-order valence-electron chi connectivity index (χ0n) is 13.1. The lowest BCUT2D eigenvalue weighted by atomic mass is 10.1. The average Bonchev–Trinajstić information content (AvgIpc) is 2.86. The predicted octanol–water partition coefficient (Wildman–Crippen LogP) is 1.88. The summed E-state index contributed by atoms with van der Waals surface area (Å²) in [7, 11) is 0. The fraction of sp³-hybridized carbons (Fsp3) is 0.438. The number of ketones is 1. The van der Waals surface area contributed by atoms with Gasteiger partial charge in [0.25, 0.3) is 0 Å². The van der Waals surface area contributed by atoms with Gasteiger partial charge in [-0.05, 0) is 12.1 Å². The molecule has 2 heterocycles. The lowest BCUT2D eigenvalue weighted by Gasteiger charge is -2.15. The fourth-order valence-electron chi connectivity index (χ4n) is 2.67. The van der Waals surface area contributed by atoms with Crippen LogP contribution in [0.3, 0.4) is 0 Å². The lowest BCUT2D eigenvalue weighted by molar-refractivity contribution is -0.119. The van der Waals surface area contributed by atoms with Crippen LogP contribution in [0.1, 0.15) is 23.7 Å². The number of hydrogen-bond donors (Lipinski definition) is 1. The third-order valence-electron chi connectivity index (χ3n) is 3.91. The van der Waals surface area contributed by atoms with Gasteiger partial charge in [-0.3, -0.25) is 14.5 Å². The maximum atomic E-state index is 12.3. The molecule has 1 aromatic rings. The molecule has 2 atom stereocenters. The number of anilines is 1. The summed E-state index contributed by atoms with van der Waals surface area (Å²) in [5, 5.41) is 2.63. The number of alkyl halides is 1. The Bertz CT molecular complexity index is 693. The molecule has 0 bridgehead atoms. The molecule has 1 fully saturated rings. The molecular formula is C16H17BrN2O5. The molecule has 3 rings (SSSR count). The predicted molar refractivity (Wildman–Crippen MR) is 89.9 cm³/mol. The highest BCUT2D eigenvalue weighted by Crippen LogP contribution is 2.32. The molecule has 2 amide bonds. The van der Waals surface area contributed by atoms with Crippen molar-refractivity contribution >= 4 is 39.4 Å². The van der Waals surface area contributed by atoms with Crippen LogP contribution in [-0.4, -0.2) is 48.4 Å². The second-order valence-electron chi connectivity index (χ2n) is 5.70. The third-order valence-corrected chi connectivity index (χ3v) is 4.78. The van der Waals surface area contributed by atoms with Crippen molar-refractivity contribution in [1.29, 1.82) is 0 Å². The molecule has 2 aliphatic rings. The van der Waals surface area contributed by atoms with Gasteiger partial charge >= 0.3 is 6.09 Å². The first-order valence-electron chi connectivity index (χ1n) is 7.63. The van der Waals surface area contributed by atoms with Gasteiger partial charge in [0.1, 0.15) is 11.9 Å². The molecule has 1 aromatic carbocycles. The highest BCUT2D eigenvalue weighted by molar-refractivity contribution is 9.10. The first-order valence-corrected chi connectivity index (χ1v) is 8.55. The number of ether oxygens (including phenoxy) is 2. The van der Waals surface area contributed by atoms with Crippen molar-refractivity contribution in [3.63, 3.8) is 0 Å². The van der Waals surface area contributed by atoms with Gasteiger partial charge in [-0.1, -0.05) is 15.9 Å². The van der Waals surface area contributed by atoms with Crippen LogP contribution in [0.5, 0.6) is 5.75 Å². The molecule has 24 heavy (non-hydrogen) atoms. The molecule has 0 aromatic heterocycles. The maximum Gasteiger partial charge on any atom is 0.414 e. The smallest absolute Gasteiger partial charge is 0.414 e. The van der Waals surface area contributed by atoms with Gasteiger partial charge in [-0.2, -0.15) is 0 Å². The normalized spacial score (nSPS) is 23.2. The highest BCUT2D eigenvalue weighted by atomic mass is 79.9. The molecule has 0 aliphatic carbocycles. The molecule has 8 heteroatoms. The van der Waals surface area contributed by atoms with Crippen LogP contribution >= 0.6 is 15.9 Å². The van der Waals surface area contributed by atoms with E-state index in [0.717, 1.165) is 0 Å². The number of amides is 2. The van der Waals surface area contributed by atoms with E-state index in [1.165, 1.54) is 11.8 Å². The highest BCUT2D eigenvalue weighted by Gasteiger charge is 2.33. The molecule has 7 nitrogen and oxygen atoms in total. The van der Waals surface area contributed by atoms with E-state index >= 15 is 0 Å². The van der Waals surface area contributed by atoms with Gasteiger partial charge in [-0.15, -0.1) is 0 Å². The van der Waals surface area contributed by atoms with Crippen LogP contribution in [0.2, 0.25) is 0 Å². The minimum atomic E-state index is -0.483. The Morgan fingerprint density at radius 1 is 1.42 bits per heavy atom. The minimum Gasteiger partial charge on any atom is -0.493 e. The number of carbonyl (C=O) groups is 3. The van der Waals surface area contributed by atoms with Crippen LogP contribution in [0.25, 0.3) is 0 Å². The van der Waals surface area contributed by atoms with Crippen molar-refractivity contribution in [1.82, 2.24) is 5.32 Å². The average molecular weight is 397 g/mol. The largest absolute Gasteiger partial charge is 0.493 e. The molecule has 0 saturated carbocycles. The Labute approximate surface area is 147 Å². The fourth-order valence-corrected chi connectivity index (χ4v) is 3.10. The number of rotatable bonds is 3. The van der Waals surface area contributed by atoms with Crippen molar-refractivity contribution < 1.29 is 23.9 Å². The minimum absolute atomic E-state index is 0.0263. The number of benzene rings is 1. The zero-order chi connectivity index (χ0) is 17.3. The summed E-state index contributed by atoms with van der Waals surface area (Å²) >= 11 is 3.36. The van der Waals surface area contributed by atoms with E-state index in [-0.39, 0.29) is 23.1 Å². The van der Waals surface area contributed by atoms with Crippen LogP contribution in [0, 0.1) is 0 Å². The summed E-state index contributed by atoms with van der Waals surface area (Å²) in [6.07, 6.45) is -0.300. The van der Waals surface area contributed by atoms with Crippen molar-refractivity contribution in [2.75, 3.05) is 24.6 Å². The zero-order valence-corrected chi connectivity index (χ0v) is 14.7. The van der Waals surface area contributed by atoms with E-state index in [9.17, 15) is 14.4 Å². The van der Waals surface area contributed by atoms with Gasteiger partial charge in [0.2, 0.25) is 5.91 Å². The molecular weight excluding hydrogens is 380 g/mol. The molecule has 128 valence electrons. The third kappa shape index (κ3) is 3.38. The second-order valence-corrected chi connectivity index (χ2v) is 6.81. The first-order chi connectivity index (χ1) is 11.5. The van der Waals surface area contributed by atoms with E-state index in [1.54, 1.807) is 18.2 Å². The molecule has 1 N–H and O–H groups in total. The monoisotopic (exact) mass is 396 g/mol.